The first-order valence-electron chi connectivity index (χ1n) is 9.85. The van der Waals surface area contributed by atoms with Crippen molar-refractivity contribution in [3.63, 3.8) is 0 Å². The summed E-state index contributed by atoms with van der Waals surface area (Å²) in [5.41, 5.74) is 3.30. The summed E-state index contributed by atoms with van der Waals surface area (Å²) in [5, 5.41) is 9.45. The molecule has 4 rings (SSSR count). The van der Waals surface area contributed by atoms with Gasteiger partial charge in [-0.3, -0.25) is 19.3 Å². The molecule has 3 aromatic heterocycles. The van der Waals surface area contributed by atoms with Crippen molar-refractivity contribution in [1.29, 1.82) is 0 Å². The van der Waals surface area contributed by atoms with E-state index in [2.05, 4.69) is 25.5 Å². The Morgan fingerprint density at radius 3 is 2.45 bits per heavy atom. The minimum Gasteiger partial charge on any atom is -0.342 e. The number of carbonyl (C=O) groups excluding carboxylic acids is 1. The largest absolute Gasteiger partial charge is 0.342 e. The van der Waals surface area contributed by atoms with Crippen molar-refractivity contribution in [2.45, 2.75) is 26.8 Å². The maximum atomic E-state index is 13.3. The quantitative estimate of drug-likeness (QED) is 0.522. The van der Waals surface area contributed by atoms with Crippen molar-refractivity contribution in [3.05, 3.63) is 94.1 Å². The average Bonchev–Trinajstić information content (AvgIpc) is 3.30. The maximum absolute atomic E-state index is 13.3. The highest BCUT2D eigenvalue weighted by atomic mass is 16.2. The van der Waals surface area contributed by atoms with Crippen LogP contribution in [0.4, 0.5) is 0 Å². The summed E-state index contributed by atoms with van der Waals surface area (Å²) < 4.78 is 1.41. The molecular weight excluding hydrogens is 392 g/mol. The minimum atomic E-state index is -0.379. The third-order valence-electron chi connectivity index (χ3n) is 4.98. The number of hydrogen-bond donors (Lipinski definition) is 2. The van der Waals surface area contributed by atoms with Gasteiger partial charge in [0, 0.05) is 18.0 Å². The van der Waals surface area contributed by atoms with Crippen LogP contribution >= 0.6 is 0 Å². The van der Waals surface area contributed by atoms with Crippen LogP contribution in [0.5, 0.6) is 0 Å². The predicted octanol–water partition coefficient (Wildman–Crippen LogP) is 3.13. The van der Waals surface area contributed by atoms with Crippen LogP contribution in [0.3, 0.4) is 0 Å². The first kappa shape index (κ1) is 20.2. The van der Waals surface area contributed by atoms with Gasteiger partial charge in [0.05, 0.1) is 11.6 Å². The van der Waals surface area contributed by atoms with Gasteiger partial charge < -0.3 is 5.32 Å². The third kappa shape index (κ3) is 4.28. The lowest BCUT2D eigenvalue weighted by Crippen LogP contribution is -2.30. The number of aromatic nitrogens is 5. The lowest BCUT2D eigenvalue weighted by Gasteiger charge is -2.14. The second kappa shape index (κ2) is 8.35. The van der Waals surface area contributed by atoms with Crippen LogP contribution < -0.4 is 10.9 Å². The van der Waals surface area contributed by atoms with Crippen LogP contribution in [0.25, 0.3) is 16.9 Å². The van der Waals surface area contributed by atoms with Gasteiger partial charge in [0.25, 0.3) is 11.5 Å². The molecule has 0 saturated heterocycles. The molecule has 0 radical (unpaired) electrons. The number of rotatable bonds is 5. The van der Waals surface area contributed by atoms with E-state index in [0.717, 1.165) is 16.7 Å². The molecule has 31 heavy (non-hydrogen) atoms. The van der Waals surface area contributed by atoms with Crippen molar-refractivity contribution < 1.29 is 4.79 Å². The number of nitrogens with one attached hydrogen (secondary N) is 2. The van der Waals surface area contributed by atoms with Gasteiger partial charge in [-0.05, 0) is 44.0 Å². The fourth-order valence-electron chi connectivity index (χ4n) is 3.19. The number of benzene rings is 1. The lowest BCUT2D eigenvalue weighted by molar-refractivity contribution is 0.0937. The van der Waals surface area contributed by atoms with Gasteiger partial charge in [-0.25, -0.2) is 9.97 Å². The molecule has 8 heteroatoms. The van der Waals surface area contributed by atoms with E-state index in [1.165, 1.54) is 17.1 Å². The van der Waals surface area contributed by atoms with Crippen LogP contribution in [0.2, 0.25) is 0 Å². The van der Waals surface area contributed by atoms with E-state index >= 15 is 0 Å². The second-order valence-corrected chi connectivity index (χ2v) is 7.44. The Morgan fingerprint density at radius 2 is 1.81 bits per heavy atom. The lowest BCUT2D eigenvalue weighted by atomic mass is 10.0. The van der Waals surface area contributed by atoms with Gasteiger partial charge in [0.2, 0.25) is 0 Å². The standard InChI is InChI=1S/C23H22N6O2/c1-14-4-7-17(8-5-14)19-10-18(22(30)27-16(3)21-25-13-26-28-21)12-29(23(19)31)20-9-6-15(2)11-24-20/h4-13,16H,1-3H3,(H,27,30)(H,25,26,28)/t16-/m0/s1. The molecule has 0 fully saturated rings. The normalized spacial score (nSPS) is 11.8. The Balaban J connectivity index is 1.80. The maximum Gasteiger partial charge on any atom is 0.264 e. The summed E-state index contributed by atoms with van der Waals surface area (Å²) in [7, 11) is 0. The summed E-state index contributed by atoms with van der Waals surface area (Å²) in [4.78, 5) is 34.8. The molecule has 156 valence electrons. The van der Waals surface area contributed by atoms with E-state index in [9.17, 15) is 9.59 Å². The average molecular weight is 414 g/mol. The van der Waals surface area contributed by atoms with Crippen molar-refractivity contribution in [1.82, 2.24) is 30.0 Å². The summed E-state index contributed by atoms with van der Waals surface area (Å²) in [6.45, 7) is 5.70. The molecule has 1 atom stereocenters. The molecule has 0 aliphatic heterocycles. The Morgan fingerprint density at radius 1 is 1.06 bits per heavy atom. The molecular formula is C23H22N6O2. The van der Waals surface area contributed by atoms with Gasteiger partial charge in [-0.1, -0.05) is 35.9 Å². The van der Waals surface area contributed by atoms with Crippen molar-refractivity contribution >= 4 is 5.91 Å². The van der Waals surface area contributed by atoms with Crippen LogP contribution in [0.1, 0.15) is 40.3 Å². The summed E-state index contributed by atoms with van der Waals surface area (Å²) in [5.74, 6) is 0.653. The zero-order valence-corrected chi connectivity index (χ0v) is 17.5. The number of carbonyl (C=O) groups is 1. The number of aromatic amines is 1. The van der Waals surface area contributed by atoms with E-state index in [-0.39, 0.29) is 17.5 Å². The fraction of sp³-hybridized carbons (Fsp3) is 0.174. The molecule has 8 nitrogen and oxygen atoms in total. The molecule has 2 N–H and O–H groups in total. The summed E-state index contributed by atoms with van der Waals surface area (Å²) in [6.07, 6.45) is 4.59. The number of nitrogens with zero attached hydrogens (tertiary/aromatic N) is 4. The first-order valence-corrected chi connectivity index (χ1v) is 9.85. The molecule has 0 saturated carbocycles. The molecule has 0 aliphatic rings. The predicted molar refractivity (Wildman–Crippen MR) is 117 cm³/mol. The molecule has 1 amide bonds. The van der Waals surface area contributed by atoms with E-state index in [4.69, 9.17) is 0 Å². The molecule has 0 bridgehead atoms. The van der Waals surface area contributed by atoms with E-state index in [1.807, 2.05) is 44.2 Å². The zero-order valence-electron chi connectivity index (χ0n) is 17.5. The van der Waals surface area contributed by atoms with Crippen LogP contribution in [0.15, 0.2) is 66.0 Å². The minimum absolute atomic E-state index is 0.250. The van der Waals surface area contributed by atoms with Crippen molar-refractivity contribution in [3.8, 4) is 16.9 Å². The first-order chi connectivity index (χ1) is 14.9. The molecule has 0 aliphatic carbocycles. The van der Waals surface area contributed by atoms with Crippen LogP contribution in [0, 0.1) is 13.8 Å². The van der Waals surface area contributed by atoms with E-state index in [1.54, 1.807) is 25.3 Å². The zero-order chi connectivity index (χ0) is 22.0. The van der Waals surface area contributed by atoms with Crippen LogP contribution in [-0.4, -0.2) is 30.6 Å². The molecule has 0 spiro atoms. The molecule has 0 unspecified atom stereocenters. The monoisotopic (exact) mass is 414 g/mol. The van der Waals surface area contributed by atoms with Gasteiger partial charge in [0.15, 0.2) is 0 Å². The highest BCUT2D eigenvalue weighted by molar-refractivity contribution is 5.95. The van der Waals surface area contributed by atoms with Crippen molar-refractivity contribution in [2.75, 3.05) is 0 Å². The number of H-pyrrole nitrogens is 1. The van der Waals surface area contributed by atoms with Crippen LogP contribution in [-0.2, 0) is 0 Å². The highest BCUT2D eigenvalue weighted by Gasteiger charge is 2.18. The number of pyridine rings is 2. The highest BCUT2D eigenvalue weighted by Crippen LogP contribution is 2.19. The van der Waals surface area contributed by atoms with Gasteiger partial charge in [-0.2, -0.15) is 5.10 Å². The number of hydrogen-bond acceptors (Lipinski definition) is 5. The number of amides is 1. The fourth-order valence-corrected chi connectivity index (χ4v) is 3.19. The Hall–Kier alpha value is -4.07. The van der Waals surface area contributed by atoms with Gasteiger partial charge in [-0.15, -0.1) is 0 Å². The Bertz CT molecular complexity index is 1190. The SMILES string of the molecule is Cc1ccc(-c2cc(C(=O)N[C@@H](C)c3ncn[nH]3)cn(-c3ccc(C)cn3)c2=O)cc1. The topological polar surface area (TPSA) is 106 Å². The van der Waals surface area contributed by atoms with E-state index in [0.29, 0.717) is 22.8 Å². The van der Waals surface area contributed by atoms with Gasteiger partial charge in [0.1, 0.15) is 18.0 Å². The third-order valence-corrected chi connectivity index (χ3v) is 4.98. The molecule has 1 aromatic carbocycles. The van der Waals surface area contributed by atoms with Crippen molar-refractivity contribution in [2.24, 2.45) is 0 Å². The molecule has 3 heterocycles. The van der Waals surface area contributed by atoms with Gasteiger partial charge >= 0.3 is 0 Å². The number of aryl methyl sites for hydroxylation is 2. The smallest absolute Gasteiger partial charge is 0.264 e. The Kier molecular flexibility index (Phi) is 5.44. The molecule has 4 aromatic rings. The summed E-state index contributed by atoms with van der Waals surface area (Å²) >= 11 is 0. The Labute approximate surface area is 179 Å². The summed E-state index contributed by atoms with van der Waals surface area (Å²) in [6, 6.07) is 12.5. The second-order valence-electron chi connectivity index (χ2n) is 7.44. The van der Waals surface area contributed by atoms with E-state index < -0.39 is 0 Å².